The second-order valence-electron chi connectivity index (χ2n) is 3.39. The predicted molar refractivity (Wildman–Crippen MR) is 62.2 cm³/mol. The lowest BCUT2D eigenvalue weighted by Crippen LogP contribution is -2.04. The summed E-state index contributed by atoms with van der Waals surface area (Å²) in [6.45, 7) is 2.05. The summed E-state index contributed by atoms with van der Waals surface area (Å²) in [5.74, 6) is 0.921. The predicted octanol–water partition coefficient (Wildman–Crippen LogP) is 4.11. The average Bonchev–Trinajstić information content (AvgIpc) is 2.74. The Morgan fingerprint density at radius 1 is 1.20 bits per heavy atom. The minimum absolute atomic E-state index is 0.154. The first-order valence-electron chi connectivity index (χ1n) is 4.81. The lowest BCUT2D eigenvalue weighted by Gasteiger charge is -2.12. The molecule has 0 aliphatic carbocycles. The molecule has 0 aliphatic rings. The van der Waals surface area contributed by atoms with Crippen LogP contribution in [0.3, 0.4) is 0 Å². The summed E-state index contributed by atoms with van der Waals surface area (Å²) < 4.78 is 5.30. The summed E-state index contributed by atoms with van der Waals surface area (Å²) in [7, 11) is 0. The van der Waals surface area contributed by atoms with Gasteiger partial charge >= 0.3 is 0 Å². The van der Waals surface area contributed by atoms with Crippen LogP contribution < -0.4 is 5.32 Å². The van der Waals surface area contributed by atoms with Gasteiger partial charge in [0.2, 0.25) is 0 Å². The second-order valence-corrected chi connectivity index (χ2v) is 3.82. The van der Waals surface area contributed by atoms with Gasteiger partial charge in [-0.25, -0.2) is 0 Å². The molecule has 1 N–H and O–H groups in total. The zero-order valence-electron chi connectivity index (χ0n) is 8.41. The second kappa shape index (κ2) is 4.41. The summed E-state index contributed by atoms with van der Waals surface area (Å²) in [6, 6.07) is 11.6. The Morgan fingerprint density at radius 2 is 1.93 bits per heavy atom. The van der Waals surface area contributed by atoms with Crippen LogP contribution in [0, 0.1) is 0 Å². The third-order valence-electron chi connectivity index (χ3n) is 2.20. The number of anilines is 1. The van der Waals surface area contributed by atoms with Gasteiger partial charge in [0, 0.05) is 10.7 Å². The van der Waals surface area contributed by atoms with Crippen molar-refractivity contribution in [2.45, 2.75) is 13.0 Å². The van der Waals surface area contributed by atoms with Gasteiger partial charge in [-0.15, -0.1) is 0 Å². The molecule has 1 aromatic carbocycles. The van der Waals surface area contributed by atoms with E-state index in [1.165, 1.54) is 0 Å². The van der Waals surface area contributed by atoms with Crippen molar-refractivity contribution in [1.29, 1.82) is 0 Å². The van der Waals surface area contributed by atoms with E-state index in [-0.39, 0.29) is 6.04 Å². The van der Waals surface area contributed by atoms with Gasteiger partial charge in [0.05, 0.1) is 12.3 Å². The fourth-order valence-electron chi connectivity index (χ4n) is 1.40. The maximum absolute atomic E-state index is 5.80. The summed E-state index contributed by atoms with van der Waals surface area (Å²) in [4.78, 5) is 0. The molecule has 0 saturated heterocycles. The fourth-order valence-corrected chi connectivity index (χ4v) is 1.53. The van der Waals surface area contributed by atoms with Crippen LogP contribution in [0.1, 0.15) is 18.7 Å². The number of nitrogens with one attached hydrogen (secondary N) is 1. The first-order chi connectivity index (χ1) is 7.25. The quantitative estimate of drug-likeness (QED) is 0.844. The molecular formula is C12H12ClNO. The molecular weight excluding hydrogens is 210 g/mol. The normalized spacial score (nSPS) is 12.4. The Hall–Kier alpha value is -1.41. The lowest BCUT2D eigenvalue weighted by molar-refractivity contribution is 0.490. The van der Waals surface area contributed by atoms with Crippen molar-refractivity contribution in [2.24, 2.45) is 0 Å². The molecule has 3 heteroatoms. The molecule has 1 aromatic heterocycles. The number of benzene rings is 1. The van der Waals surface area contributed by atoms with Crippen molar-refractivity contribution in [3.8, 4) is 0 Å². The molecule has 2 nitrogen and oxygen atoms in total. The van der Waals surface area contributed by atoms with E-state index < -0.39 is 0 Å². The maximum atomic E-state index is 5.80. The number of hydrogen-bond donors (Lipinski definition) is 1. The van der Waals surface area contributed by atoms with Crippen molar-refractivity contribution in [2.75, 3.05) is 5.32 Å². The molecule has 0 fully saturated rings. The molecule has 1 atom stereocenters. The minimum Gasteiger partial charge on any atom is -0.467 e. The highest BCUT2D eigenvalue weighted by Crippen LogP contribution is 2.20. The van der Waals surface area contributed by atoms with E-state index in [4.69, 9.17) is 16.0 Å². The Morgan fingerprint density at radius 3 is 2.53 bits per heavy atom. The van der Waals surface area contributed by atoms with Gasteiger partial charge in [-0.05, 0) is 43.3 Å². The van der Waals surface area contributed by atoms with Crippen LogP contribution in [-0.4, -0.2) is 0 Å². The van der Waals surface area contributed by atoms with Crippen molar-refractivity contribution in [1.82, 2.24) is 0 Å². The standard InChI is InChI=1S/C12H12ClNO/c1-9(12-3-2-8-15-12)14-11-6-4-10(13)5-7-11/h2-9,14H,1H3. The van der Waals surface area contributed by atoms with E-state index in [0.29, 0.717) is 0 Å². The van der Waals surface area contributed by atoms with Crippen LogP contribution in [0.15, 0.2) is 47.1 Å². The molecule has 0 radical (unpaired) electrons. The largest absolute Gasteiger partial charge is 0.467 e. The molecule has 0 amide bonds. The molecule has 1 unspecified atom stereocenters. The van der Waals surface area contributed by atoms with Crippen LogP contribution >= 0.6 is 11.6 Å². The topological polar surface area (TPSA) is 25.2 Å². The first-order valence-corrected chi connectivity index (χ1v) is 5.19. The van der Waals surface area contributed by atoms with Crippen LogP contribution in [-0.2, 0) is 0 Å². The fraction of sp³-hybridized carbons (Fsp3) is 0.167. The Bertz CT molecular complexity index is 408. The van der Waals surface area contributed by atoms with E-state index in [2.05, 4.69) is 5.32 Å². The number of hydrogen-bond acceptors (Lipinski definition) is 2. The highest BCUT2D eigenvalue weighted by atomic mass is 35.5. The van der Waals surface area contributed by atoms with Gasteiger partial charge in [0.1, 0.15) is 5.76 Å². The van der Waals surface area contributed by atoms with E-state index in [1.54, 1.807) is 6.26 Å². The smallest absolute Gasteiger partial charge is 0.125 e. The maximum Gasteiger partial charge on any atom is 0.125 e. The summed E-state index contributed by atoms with van der Waals surface area (Å²) in [5, 5.41) is 4.06. The third-order valence-corrected chi connectivity index (χ3v) is 2.45. The van der Waals surface area contributed by atoms with E-state index >= 15 is 0 Å². The molecule has 0 saturated carbocycles. The molecule has 2 aromatic rings. The molecule has 2 rings (SSSR count). The lowest BCUT2D eigenvalue weighted by atomic mass is 10.2. The Kier molecular flexibility index (Phi) is 2.97. The Balaban J connectivity index is 2.06. The van der Waals surface area contributed by atoms with Gasteiger partial charge in [-0.1, -0.05) is 11.6 Å². The zero-order valence-corrected chi connectivity index (χ0v) is 9.16. The van der Waals surface area contributed by atoms with Gasteiger partial charge in [0.15, 0.2) is 0 Å². The van der Waals surface area contributed by atoms with E-state index in [0.717, 1.165) is 16.5 Å². The molecule has 78 valence electrons. The van der Waals surface area contributed by atoms with Gasteiger partial charge in [-0.2, -0.15) is 0 Å². The van der Waals surface area contributed by atoms with Crippen molar-refractivity contribution < 1.29 is 4.42 Å². The first kappa shape index (κ1) is 10.1. The van der Waals surface area contributed by atoms with Crippen LogP contribution in [0.5, 0.6) is 0 Å². The van der Waals surface area contributed by atoms with E-state index in [1.807, 2.05) is 43.3 Å². The number of rotatable bonds is 3. The Labute approximate surface area is 93.9 Å². The minimum atomic E-state index is 0.154. The average molecular weight is 222 g/mol. The van der Waals surface area contributed by atoms with Crippen LogP contribution in [0.2, 0.25) is 5.02 Å². The van der Waals surface area contributed by atoms with Crippen molar-refractivity contribution in [3.05, 3.63) is 53.4 Å². The third kappa shape index (κ3) is 2.54. The SMILES string of the molecule is CC(Nc1ccc(Cl)cc1)c1ccco1. The molecule has 0 bridgehead atoms. The van der Waals surface area contributed by atoms with Crippen LogP contribution in [0.25, 0.3) is 0 Å². The summed E-state index contributed by atoms with van der Waals surface area (Å²) in [6.07, 6.45) is 1.68. The molecule has 1 heterocycles. The van der Waals surface area contributed by atoms with Gasteiger partial charge in [-0.3, -0.25) is 0 Å². The van der Waals surface area contributed by atoms with Gasteiger partial charge in [0.25, 0.3) is 0 Å². The highest BCUT2D eigenvalue weighted by molar-refractivity contribution is 6.30. The van der Waals surface area contributed by atoms with Crippen LogP contribution in [0.4, 0.5) is 5.69 Å². The van der Waals surface area contributed by atoms with Crippen molar-refractivity contribution >= 4 is 17.3 Å². The molecule has 0 aliphatic heterocycles. The molecule has 15 heavy (non-hydrogen) atoms. The summed E-state index contributed by atoms with van der Waals surface area (Å²) in [5.41, 5.74) is 1.03. The zero-order chi connectivity index (χ0) is 10.7. The van der Waals surface area contributed by atoms with E-state index in [9.17, 15) is 0 Å². The highest BCUT2D eigenvalue weighted by Gasteiger charge is 2.06. The summed E-state index contributed by atoms with van der Waals surface area (Å²) >= 11 is 5.80. The van der Waals surface area contributed by atoms with Gasteiger partial charge < -0.3 is 9.73 Å². The number of halogens is 1. The molecule has 0 spiro atoms. The van der Waals surface area contributed by atoms with Crippen molar-refractivity contribution in [3.63, 3.8) is 0 Å². The monoisotopic (exact) mass is 221 g/mol. The number of furan rings is 1.